The zero-order valence-electron chi connectivity index (χ0n) is 13.0. The number of aromatic amines is 1. The molecule has 0 unspecified atom stereocenters. The molecular weight excluding hydrogens is 260 g/mol. The summed E-state index contributed by atoms with van der Waals surface area (Å²) in [5, 5.41) is 3.49. The first-order chi connectivity index (χ1) is 10.1. The van der Waals surface area contributed by atoms with Gasteiger partial charge in [-0.05, 0) is 49.3 Å². The summed E-state index contributed by atoms with van der Waals surface area (Å²) >= 11 is 0. The minimum absolute atomic E-state index is 0.0628. The molecule has 112 valence electrons. The van der Waals surface area contributed by atoms with Gasteiger partial charge in [0.1, 0.15) is 6.54 Å². The highest BCUT2D eigenvalue weighted by molar-refractivity contribution is 5.79. The Kier molecular flexibility index (Phi) is 4.11. The van der Waals surface area contributed by atoms with Gasteiger partial charge < -0.3 is 10.3 Å². The highest BCUT2D eigenvalue weighted by atomic mass is 16.1. The lowest BCUT2D eigenvalue weighted by molar-refractivity contribution is -0.712. The van der Waals surface area contributed by atoms with Gasteiger partial charge in [-0.2, -0.15) is 0 Å². The number of H-pyrrole nitrogens is 1. The largest absolute Gasteiger partial charge is 0.340 e. The van der Waals surface area contributed by atoms with Crippen LogP contribution in [0, 0.1) is 12.8 Å². The molecule has 1 aliphatic carbocycles. The quantitative estimate of drug-likeness (QED) is 0.894. The molecule has 0 amide bonds. The Morgan fingerprint density at radius 2 is 2.05 bits per heavy atom. The van der Waals surface area contributed by atoms with Crippen molar-refractivity contribution < 1.29 is 5.32 Å². The average molecular weight is 285 g/mol. The van der Waals surface area contributed by atoms with Crippen LogP contribution in [0.15, 0.2) is 29.1 Å². The predicted molar refractivity (Wildman–Crippen MR) is 86.4 cm³/mol. The topological polar surface area (TPSA) is 49.5 Å². The first-order valence-electron chi connectivity index (χ1n) is 8.09. The Bertz CT molecular complexity index is 689. The normalized spacial score (nSPS) is 22.6. The van der Waals surface area contributed by atoms with Crippen molar-refractivity contribution in [2.45, 2.75) is 52.1 Å². The van der Waals surface area contributed by atoms with Crippen molar-refractivity contribution in [3.05, 3.63) is 45.7 Å². The Morgan fingerprint density at radius 1 is 1.24 bits per heavy atom. The molecule has 21 heavy (non-hydrogen) atoms. The molecule has 2 aromatic rings. The Hall–Kier alpha value is -1.61. The summed E-state index contributed by atoms with van der Waals surface area (Å²) in [6.45, 7) is 5.17. The molecule has 1 heterocycles. The molecule has 1 aliphatic rings. The minimum atomic E-state index is 0.0628. The van der Waals surface area contributed by atoms with Gasteiger partial charge in [0.2, 0.25) is 0 Å². The number of benzene rings is 1. The van der Waals surface area contributed by atoms with Crippen LogP contribution in [0.2, 0.25) is 0 Å². The highest BCUT2D eigenvalue weighted by Gasteiger charge is 2.24. The van der Waals surface area contributed by atoms with Crippen LogP contribution in [-0.4, -0.2) is 11.0 Å². The lowest BCUT2D eigenvalue weighted by Crippen LogP contribution is -2.90. The smallest absolute Gasteiger partial charge is 0.257 e. The van der Waals surface area contributed by atoms with Gasteiger partial charge in [-0.1, -0.05) is 25.5 Å². The summed E-state index contributed by atoms with van der Waals surface area (Å²) < 4.78 is 0. The third-order valence-corrected chi connectivity index (χ3v) is 4.90. The van der Waals surface area contributed by atoms with E-state index in [1.807, 2.05) is 13.0 Å². The molecule has 0 bridgehead atoms. The monoisotopic (exact) mass is 285 g/mol. The van der Waals surface area contributed by atoms with Crippen molar-refractivity contribution in [1.29, 1.82) is 0 Å². The lowest BCUT2D eigenvalue weighted by atomic mass is 9.86. The van der Waals surface area contributed by atoms with Gasteiger partial charge in [-0.25, -0.2) is 0 Å². The first kappa shape index (κ1) is 14.3. The fraction of sp³-hybridized carbons (Fsp3) is 0.500. The summed E-state index contributed by atoms with van der Waals surface area (Å²) in [6.07, 6.45) is 5.31. The zero-order chi connectivity index (χ0) is 14.8. The minimum Gasteiger partial charge on any atom is -0.340 e. The van der Waals surface area contributed by atoms with E-state index >= 15 is 0 Å². The van der Waals surface area contributed by atoms with Crippen molar-refractivity contribution in [2.24, 2.45) is 5.92 Å². The zero-order valence-corrected chi connectivity index (χ0v) is 13.0. The van der Waals surface area contributed by atoms with E-state index in [9.17, 15) is 4.79 Å². The maximum Gasteiger partial charge on any atom is 0.257 e. The molecule has 3 N–H and O–H groups in total. The Morgan fingerprint density at radius 3 is 2.86 bits per heavy atom. The fourth-order valence-corrected chi connectivity index (χ4v) is 3.49. The fourth-order valence-electron chi connectivity index (χ4n) is 3.49. The number of hydrogen-bond donors (Lipinski definition) is 2. The van der Waals surface area contributed by atoms with Gasteiger partial charge >= 0.3 is 0 Å². The van der Waals surface area contributed by atoms with Crippen LogP contribution < -0.4 is 10.9 Å². The number of hydrogen-bond acceptors (Lipinski definition) is 1. The third kappa shape index (κ3) is 3.18. The predicted octanol–water partition coefficient (Wildman–Crippen LogP) is 2.48. The van der Waals surface area contributed by atoms with E-state index in [0.29, 0.717) is 6.04 Å². The molecule has 3 heteroatoms. The van der Waals surface area contributed by atoms with Crippen LogP contribution in [0.5, 0.6) is 0 Å². The van der Waals surface area contributed by atoms with E-state index in [-0.39, 0.29) is 5.56 Å². The van der Waals surface area contributed by atoms with Gasteiger partial charge in [0.25, 0.3) is 5.56 Å². The average Bonchev–Trinajstić information content (AvgIpc) is 2.46. The highest BCUT2D eigenvalue weighted by Crippen LogP contribution is 2.21. The van der Waals surface area contributed by atoms with Crippen LogP contribution in [0.1, 0.15) is 43.7 Å². The second-order valence-corrected chi connectivity index (χ2v) is 6.58. The second-order valence-electron chi connectivity index (χ2n) is 6.58. The van der Waals surface area contributed by atoms with Gasteiger partial charge in [0, 0.05) is 11.4 Å². The lowest BCUT2D eigenvalue weighted by Gasteiger charge is -2.26. The number of rotatable bonds is 3. The summed E-state index contributed by atoms with van der Waals surface area (Å²) in [6, 6.07) is 8.95. The molecule has 0 radical (unpaired) electrons. The summed E-state index contributed by atoms with van der Waals surface area (Å²) in [5.41, 5.74) is 3.07. The maximum absolute atomic E-state index is 12.2. The number of aromatic nitrogens is 1. The molecule has 1 saturated carbocycles. The van der Waals surface area contributed by atoms with E-state index in [1.165, 1.54) is 31.2 Å². The van der Waals surface area contributed by atoms with E-state index < -0.39 is 0 Å². The molecule has 0 saturated heterocycles. The molecule has 3 nitrogen and oxygen atoms in total. The number of fused-ring (bicyclic) bond motifs is 1. The van der Waals surface area contributed by atoms with Crippen molar-refractivity contribution >= 4 is 10.9 Å². The third-order valence-electron chi connectivity index (χ3n) is 4.90. The van der Waals surface area contributed by atoms with Crippen molar-refractivity contribution in [2.75, 3.05) is 0 Å². The summed E-state index contributed by atoms with van der Waals surface area (Å²) in [4.78, 5) is 15.2. The van der Waals surface area contributed by atoms with Crippen LogP contribution in [0.3, 0.4) is 0 Å². The van der Waals surface area contributed by atoms with Crippen molar-refractivity contribution in [1.82, 2.24) is 4.98 Å². The van der Waals surface area contributed by atoms with E-state index in [0.717, 1.165) is 28.9 Å². The SMILES string of the molecule is Cc1ccc2cc(C[NH2+][C@@H]3CCCC[C@@H]3C)c(=O)[nH]c2c1. The molecule has 1 fully saturated rings. The van der Waals surface area contributed by atoms with Gasteiger partial charge in [0.05, 0.1) is 11.6 Å². The number of aryl methyl sites for hydroxylation is 1. The molecule has 1 aromatic heterocycles. The molecule has 0 aliphatic heterocycles. The molecule has 0 spiro atoms. The molecule has 1 aromatic carbocycles. The van der Waals surface area contributed by atoms with Gasteiger partial charge in [-0.15, -0.1) is 0 Å². The van der Waals surface area contributed by atoms with Crippen LogP contribution >= 0.6 is 0 Å². The molecule has 2 atom stereocenters. The first-order valence-corrected chi connectivity index (χ1v) is 8.09. The second kappa shape index (κ2) is 6.02. The van der Waals surface area contributed by atoms with E-state index in [2.05, 4.69) is 35.4 Å². The number of nitrogens with two attached hydrogens (primary N) is 1. The summed E-state index contributed by atoms with van der Waals surface area (Å²) in [7, 11) is 0. The number of pyridine rings is 1. The van der Waals surface area contributed by atoms with Gasteiger partial charge in [-0.3, -0.25) is 4.79 Å². The summed E-state index contributed by atoms with van der Waals surface area (Å²) in [5.74, 6) is 0.765. The maximum atomic E-state index is 12.2. The van der Waals surface area contributed by atoms with Crippen LogP contribution in [-0.2, 0) is 6.54 Å². The molecule has 3 rings (SSSR count). The van der Waals surface area contributed by atoms with E-state index in [4.69, 9.17) is 0 Å². The Balaban J connectivity index is 1.79. The van der Waals surface area contributed by atoms with Crippen molar-refractivity contribution in [3.8, 4) is 0 Å². The van der Waals surface area contributed by atoms with Gasteiger partial charge in [0.15, 0.2) is 0 Å². The number of quaternary nitrogens is 1. The van der Waals surface area contributed by atoms with E-state index in [1.54, 1.807) is 0 Å². The van der Waals surface area contributed by atoms with Crippen LogP contribution in [0.25, 0.3) is 10.9 Å². The number of nitrogens with one attached hydrogen (secondary N) is 1. The van der Waals surface area contributed by atoms with Crippen LogP contribution in [0.4, 0.5) is 0 Å². The standard InChI is InChI=1S/C18H24N2O/c1-12-7-8-14-10-15(18(21)20-17(14)9-12)11-19-16-6-4-3-5-13(16)2/h7-10,13,16,19H,3-6,11H2,1-2H3,(H,20,21)/p+1/t13-,16+/m0/s1. The molecular formula is C18H25N2O+. The Labute approximate surface area is 125 Å². The van der Waals surface area contributed by atoms with Crippen molar-refractivity contribution in [3.63, 3.8) is 0 Å².